The monoisotopic (exact) mass is 298 g/mol. The Bertz CT molecular complexity index is 669. The van der Waals surface area contributed by atoms with Crippen LogP contribution in [0.25, 0.3) is 0 Å². The zero-order valence-corrected chi connectivity index (χ0v) is 12.5. The van der Waals surface area contributed by atoms with Crippen molar-refractivity contribution in [3.63, 3.8) is 0 Å². The van der Waals surface area contributed by atoms with Gasteiger partial charge < -0.3 is 5.32 Å². The van der Waals surface area contributed by atoms with E-state index in [9.17, 15) is 14.9 Å². The predicted molar refractivity (Wildman–Crippen MR) is 84.6 cm³/mol. The average Bonchev–Trinajstić information content (AvgIpc) is 2.53. The largest absolute Gasteiger partial charge is 0.345 e. The van der Waals surface area contributed by atoms with Gasteiger partial charge in [-0.1, -0.05) is 50.2 Å². The fourth-order valence-corrected chi connectivity index (χ4v) is 2.28. The molecule has 5 nitrogen and oxygen atoms in total. The van der Waals surface area contributed by atoms with Crippen LogP contribution >= 0.6 is 0 Å². The molecule has 22 heavy (non-hydrogen) atoms. The maximum absolute atomic E-state index is 12.4. The number of hydrogen-bond donors (Lipinski definition) is 1. The molecule has 0 spiro atoms. The molecule has 0 radical (unpaired) electrons. The fourth-order valence-electron chi connectivity index (χ4n) is 2.28. The van der Waals surface area contributed by atoms with Gasteiger partial charge in [-0.2, -0.15) is 0 Å². The van der Waals surface area contributed by atoms with Crippen LogP contribution in [0.2, 0.25) is 0 Å². The molecule has 0 fully saturated rings. The zero-order chi connectivity index (χ0) is 16.1. The number of non-ortho nitro benzene ring substituents is 1. The number of carbonyl (C=O) groups excluding carboxylic acids is 1. The van der Waals surface area contributed by atoms with E-state index >= 15 is 0 Å². The molecule has 0 aromatic heterocycles. The second-order valence-electron chi connectivity index (χ2n) is 5.41. The van der Waals surface area contributed by atoms with Crippen molar-refractivity contribution in [3.8, 4) is 0 Å². The summed E-state index contributed by atoms with van der Waals surface area (Å²) in [7, 11) is 0. The second-order valence-corrected chi connectivity index (χ2v) is 5.41. The van der Waals surface area contributed by atoms with E-state index in [1.807, 2.05) is 44.2 Å². The van der Waals surface area contributed by atoms with Gasteiger partial charge in [0.05, 0.1) is 11.0 Å². The number of nitro benzene ring substituents is 1. The Hall–Kier alpha value is -2.69. The highest BCUT2D eigenvalue weighted by Gasteiger charge is 2.20. The van der Waals surface area contributed by atoms with Crippen LogP contribution in [0.3, 0.4) is 0 Å². The van der Waals surface area contributed by atoms with Gasteiger partial charge in [-0.3, -0.25) is 14.9 Å². The molecular formula is C17H18N2O3. The van der Waals surface area contributed by atoms with Crippen molar-refractivity contribution in [1.82, 2.24) is 5.32 Å². The van der Waals surface area contributed by atoms with Crippen molar-refractivity contribution >= 4 is 11.6 Å². The van der Waals surface area contributed by atoms with Crippen LogP contribution in [-0.4, -0.2) is 10.8 Å². The second kappa shape index (κ2) is 6.85. The molecule has 0 saturated heterocycles. The van der Waals surface area contributed by atoms with Gasteiger partial charge in [-0.25, -0.2) is 0 Å². The Kier molecular flexibility index (Phi) is 4.88. The number of nitrogens with one attached hydrogen (secondary N) is 1. The van der Waals surface area contributed by atoms with Gasteiger partial charge >= 0.3 is 0 Å². The van der Waals surface area contributed by atoms with E-state index in [2.05, 4.69) is 5.32 Å². The number of amides is 1. The molecule has 0 heterocycles. The molecular weight excluding hydrogens is 280 g/mol. The molecule has 0 aliphatic carbocycles. The molecule has 1 amide bonds. The summed E-state index contributed by atoms with van der Waals surface area (Å²) in [6.07, 6.45) is 0. The van der Waals surface area contributed by atoms with Gasteiger partial charge in [-0.15, -0.1) is 0 Å². The van der Waals surface area contributed by atoms with E-state index in [1.165, 1.54) is 18.2 Å². The number of carbonyl (C=O) groups is 1. The van der Waals surface area contributed by atoms with Gasteiger partial charge in [0.1, 0.15) is 0 Å². The zero-order valence-electron chi connectivity index (χ0n) is 12.5. The lowest BCUT2D eigenvalue weighted by molar-refractivity contribution is -0.384. The van der Waals surface area contributed by atoms with Gasteiger partial charge in [0.25, 0.3) is 11.6 Å². The third-order valence-corrected chi connectivity index (χ3v) is 3.43. The van der Waals surface area contributed by atoms with Crippen LogP contribution in [0, 0.1) is 16.0 Å². The normalized spacial score (nSPS) is 12.0. The molecule has 0 bridgehead atoms. The van der Waals surface area contributed by atoms with Crippen LogP contribution in [0.4, 0.5) is 5.69 Å². The first kappa shape index (κ1) is 15.7. The molecule has 2 rings (SSSR count). The number of nitrogens with zero attached hydrogens (tertiary/aromatic N) is 1. The highest BCUT2D eigenvalue weighted by atomic mass is 16.6. The summed E-state index contributed by atoms with van der Waals surface area (Å²) in [5.74, 6) is -0.115. The Morgan fingerprint density at radius 3 is 2.36 bits per heavy atom. The molecule has 1 N–H and O–H groups in total. The molecule has 2 aromatic carbocycles. The van der Waals surface area contributed by atoms with Crippen molar-refractivity contribution in [3.05, 3.63) is 75.8 Å². The third-order valence-electron chi connectivity index (χ3n) is 3.43. The number of benzene rings is 2. The highest BCUT2D eigenvalue weighted by Crippen LogP contribution is 2.22. The molecule has 1 unspecified atom stereocenters. The van der Waals surface area contributed by atoms with Crippen molar-refractivity contribution in [1.29, 1.82) is 0 Å². The summed E-state index contributed by atoms with van der Waals surface area (Å²) >= 11 is 0. The fraction of sp³-hybridized carbons (Fsp3) is 0.235. The first-order valence-electron chi connectivity index (χ1n) is 7.09. The Balaban J connectivity index is 2.22. The minimum atomic E-state index is -0.506. The standard InChI is InChI=1S/C17H18N2O3/c1-12(2)16(13-7-4-3-5-8-13)18-17(20)14-9-6-10-15(11-14)19(21)22/h3-12,16H,1-2H3,(H,18,20). The first-order chi connectivity index (χ1) is 10.5. The van der Waals surface area contributed by atoms with Crippen LogP contribution < -0.4 is 5.32 Å². The Labute approximate surface area is 129 Å². The SMILES string of the molecule is CC(C)C(NC(=O)c1cccc([N+](=O)[O-])c1)c1ccccc1. The van der Waals surface area contributed by atoms with E-state index < -0.39 is 4.92 Å². The third kappa shape index (κ3) is 3.69. The summed E-state index contributed by atoms with van der Waals surface area (Å²) in [5, 5.41) is 13.8. The lowest BCUT2D eigenvalue weighted by Gasteiger charge is -2.23. The van der Waals surface area contributed by atoms with Crippen LogP contribution in [0.15, 0.2) is 54.6 Å². The molecule has 0 aliphatic heterocycles. The van der Waals surface area contributed by atoms with Crippen LogP contribution in [0.5, 0.6) is 0 Å². The molecule has 0 aliphatic rings. The van der Waals surface area contributed by atoms with Crippen molar-refractivity contribution < 1.29 is 9.72 Å². The van der Waals surface area contributed by atoms with Crippen LogP contribution in [-0.2, 0) is 0 Å². The maximum Gasteiger partial charge on any atom is 0.270 e. The van der Waals surface area contributed by atoms with Gasteiger partial charge in [-0.05, 0) is 17.5 Å². The Morgan fingerprint density at radius 2 is 1.77 bits per heavy atom. The minimum absolute atomic E-state index is 0.0894. The van der Waals surface area contributed by atoms with Crippen LogP contribution in [0.1, 0.15) is 35.8 Å². The molecule has 0 saturated carbocycles. The first-order valence-corrected chi connectivity index (χ1v) is 7.09. The maximum atomic E-state index is 12.4. The summed E-state index contributed by atoms with van der Waals surface area (Å²) in [6, 6.07) is 15.3. The lowest BCUT2D eigenvalue weighted by Crippen LogP contribution is -2.31. The molecule has 2 aromatic rings. The van der Waals surface area contributed by atoms with E-state index in [1.54, 1.807) is 6.07 Å². The summed E-state index contributed by atoms with van der Waals surface area (Å²) in [6.45, 7) is 4.04. The predicted octanol–water partition coefficient (Wildman–Crippen LogP) is 3.72. The number of nitro groups is 1. The average molecular weight is 298 g/mol. The van der Waals surface area contributed by atoms with Gasteiger partial charge in [0.15, 0.2) is 0 Å². The minimum Gasteiger partial charge on any atom is -0.345 e. The van der Waals surface area contributed by atoms with E-state index in [4.69, 9.17) is 0 Å². The van der Waals surface area contributed by atoms with Gasteiger partial charge in [0.2, 0.25) is 0 Å². The van der Waals surface area contributed by atoms with Crippen molar-refractivity contribution in [2.75, 3.05) is 0 Å². The molecule has 1 atom stereocenters. The summed E-state index contributed by atoms with van der Waals surface area (Å²) < 4.78 is 0. The topological polar surface area (TPSA) is 72.2 Å². The summed E-state index contributed by atoms with van der Waals surface area (Å²) in [5.41, 5.74) is 1.21. The Morgan fingerprint density at radius 1 is 1.09 bits per heavy atom. The van der Waals surface area contributed by atoms with E-state index in [-0.39, 0.29) is 29.1 Å². The lowest BCUT2D eigenvalue weighted by atomic mass is 9.95. The smallest absolute Gasteiger partial charge is 0.270 e. The highest BCUT2D eigenvalue weighted by molar-refractivity contribution is 5.95. The van der Waals surface area contributed by atoms with E-state index in [0.29, 0.717) is 0 Å². The molecule has 114 valence electrons. The van der Waals surface area contributed by atoms with Gasteiger partial charge in [0, 0.05) is 17.7 Å². The number of hydrogen-bond acceptors (Lipinski definition) is 3. The molecule has 5 heteroatoms. The number of rotatable bonds is 5. The van der Waals surface area contributed by atoms with Crippen molar-refractivity contribution in [2.45, 2.75) is 19.9 Å². The van der Waals surface area contributed by atoms with Crippen molar-refractivity contribution in [2.24, 2.45) is 5.92 Å². The van der Waals surface area contributed by atoms with E-state index in [0.717, 1.165) is 5.56 Å². The summed E-state index contributed by atoms with van der Waals surface area (Å²) in [4.78, 5) is 22.7. The quantitative estimate of drug-likeness (QED) is 0.675.